The molecule has 128 valence electrons. The number of aryl methyl sites for hydroxylation is 1. The molecule has 2 aromatic rings. The molecule has 0 atom stereocenters. The normalized spacial score (nSPS) is 11.2. The van der Waals surface area contributed by atoms with Gasteiger partial charge in [0.25, 0.3) is 0 Å². The zero-order valence-corrected chi connectivity index (χ0v) is 16.8. The van der Waals surface area contributed by atoms with E-state index < -0.39 is 0 Å². The minimum atomic E-state index is -0.290. The van der Waals surface area contributed by atoms with Gasteiger partial charge < -0.3 is 14.6 Å². The highest BCUT2D eigenvalue weighted by Gasteiger charge is 2.21. The van der Waals surface area contributed by atoms with Gasteiger partial charge in [0.05, 0.1) is 11.4 Å². The van der Waals surface area contributed by atoms with Crippen molar-refractivity contribution in [2.45, 2.75) is 26.4 Å². The van der Waals surface area contributed by atoms with E-state index in [2.05, 4.69) is 34.5 Å². The third-order valence-corrected chi connectivity index (χ3v) is 5.63. The molecule has 1 heterocycles. The van der Waals surface area contributed by atoms with Crippen LogP contribution in [0.15, 0.2) is 49.0 Å². The summed E-state index contributed by atoms with van der Waals surface area (Å²) in [7, 11) is 1.97. The Balaban J connectivity index is 2.31. The average Bonchev–Trinajstić information content (AvgIpc) is 2.81. The highest BCUT2D eigenvalue weighted by Crippen LogP contribution is 2.27. The van der Waals surface area contributed by atoms with E-state index >= 15 is 0 Å². The first kappa shape index (κ1) is 18.6. The highest BCUT2D eigenvalue weighted by atomic mass is 127. The van der Waals surface area contributed by atoms with E-state index in [1.807, 2.05) is 68.9 Å². The van der Waals surface area contributed by atoms with E-state index in [4.69, 9.17) is 10.1 Å². The second kappa shape index (κ2) is 7.42. The zero-order valence-electron chi connectivity index (χ0n) is 14.6. The van der Waals surface area contributed by atoms with Crippen molar-refractivity contribution in [3.63, 3.8) is 0 Å². The fourth-order valence-corrected chi connectivity index (χ4v) is 2.58. The Morgan fingerprint density at radius 1 is 1.33 bits per heavy atom. The van der Waals surface area contributed by atoms with Crippen molar-refractivity contribution in [1.82, 2.24) is 4.57 Å². The lowest BCUT2D eigenvalue weighted by Crippen LogP contribution is -2.27. The van der Waals surface area contributed by atoms with Crippen LogP contribution >= 0.6 is 22.6 Å². The van der Waals surface area contributed by atoms with E-state index in [-0.39, 0.29) is 5.60 Å². The monoisotopic (exact) mass is 437 g/mol. The summed E-state index contributed by atoms with van der Waals surface area (Å²) >= 11 is 2.30. The van der Waals surface area contributed by atoms with E-state index in [1.165, 1.54) is 0 Å². The molecule has 0 spiro atoms. The molecule has 4 nitrogen and oxygen atoms in total. The summed E-state index contributed by atoms with van der Waals surface area (Å²) in [4.78, 5) is 0. The number of hydrogen-bond donors (Lipinski definition) is 2. The average molecular weight is 437 g/mol. The maximum Gasteiger partial charge on any atom is 0.184 e. The van der Waals surface area contributed by atoms with Gasteiger partial charge in [0.2, 0.25) is 0 Å². The summed E-state index contributed by atoms with van der Waals surface area (Å²) in [5.74, 6) is 0.490. The lowest BCUT2D eigenvalue weighted by atomic mass is 10.0. The predicted molar refractivity (Wildman–Crippen MR) is 109 cm³/mol. The Bertz CT molecular complexity index is 747. The number of ether oxygens (including phenoxy) is 1. The van der Waals surface area contributed by atoms with Crippen LogP contribution in [0.3, 0.4) is 0 Å². The number of halogens is 1. The molecule has 0 saturated heterocycles. The van der Waals surface area contributed by atoms with Crippen LogP contribution in [-0.2, 0) is 11.8 Å². The maximum absolute atomic E-state index is 8.60. The van der Waals surface area contributed by atoms with Gasteiger partial charge in [0, 0.05) is 34.5 Å². The first-order valence-corrected chi connectivity index (χ1v) is 9.29. The van der Waals surface area contributed by atoms with Gasteiger partial charge in [0.15, 0.2) is 5.88 Å². The Morgan fingerprint density at radius 3 is 2.54 bits per heavy atom. The second-order valence-electron chi connectivity index (χ2n) is 6.40. The molecular weight excluding hydrogens is 413 g/mol. The van der Waals surface area contributed by atoms with Crippen LogP contribution < -0.4 is 5.32 Å². The Hall–Kier alpha value is -1.76. The molecule has 0 amide bonds. The molecule has 2 N–H and O–H groups in total. The minimum Gasteiger partial charge on any atom is -0.473 e. The largest absolute Gasteiger partial charge is 0.473 e. The number of hydrogen-bond acceptors (Lipinski definition) is 3. The van der Waals surface area contributed by atoms with Gasteiger partial charge in [-0.15, -0.1) is 0 Å². The van der Waals surface area contributed by atoms with Crippen molar-refractivity contribution in [3.05, 3.63) is 65.8 Å². The molecule has 0 aliphatic carbocycles. The molecule has 24 heavy (non-hydrogen) atoms. The Kier molecular flexibility index (Phi) is 5.74. The topological polar surface area (TPSA) is 50.0 Å². The van der Waals surface area contributed by atoms with E-state index in [1.54, 1.807) is 0 Å². The maximum atomic E-state index is 8.60. The number of aromatic nitrogens is 1. The lowest BCUT2D eigenvalue weighted by molar-refractivity contribution is 0.0635. The van der Waals surface area contributed by atoms with E-state index in [0.29, 0.717) is 11.6 Å². The van der Waals surface area contributed by atoms with Crippen LogP contribution in [0.25, 0.3) is 0 Å². The van der Waals surface area contributed by atoms with Gasteiger partial charge in [-0.25, -0.2) is 0 Å². The Morgan fingerprint density at radius 2 is 1.96 bits per heavy atom. The molecule has 0 aliphatic rings. The molecule has 0 aliphatic heterocycles. The summed E-state index contributed by atoms with van der Waals surface area (Å²) in [6.45, 7) is 10.0. The molecule has 1 aromatic carbocycles. The molecule has 5 heteroatoms. The third-order valence-electron chi connectivity index (χ3n) is 3.79. The molecule has 0 unspecified atom stereocenters. The van der Waals surface area contributed by atoms with E-state index in [0.717, 1.165) is 26.9 Å². The van der Waals surface area contributed by atoms with Gasteiger partial charge in [-0.1, -0.05) is 52.9 Å². The van der Waals surface area contributed by atoms with Crippen LogP contribution in [0, 0.1) is 12.3 Å². The van der Waals surface area contributed by atoms with Gasteiger partial charge in [-0.2, -0.15) is 0 Å². The number of alkyl halides is 1. The quantitative estimate of drug-likeness (QED) is 0.281. The minimum absolute atomic E-state index is 0.290. The number of nitrogens with zero attached hydrogens (tertiary/aromatic N) is 1. The van der Waals surface area contributed by atoms with Gasteiger partial charge >= 0.3 is 0 Å². The summed E-state index contributed by atoms with van der Waals surface area (Å²) in [6.07, 6.45) is 1.97. The van der Waals surface area contributed by atoms with Crippen molar-refractivity contribution < 1.29 is 4.74 Å². The molecule has 0 fully saturated rings. The number of anilines is 1. The van der Waals surface area contributed by atoms with E-state index in [9.17, 15) is 0 Å². The van der Waals surface area contributed by atoms with Crippen LogP contribution in [-0.4, -0.2) is 20.3 Å². The van der Waals surface area contributed by atoms with Crippen LogP contribution in [0.4, 0.5) is 5.69 Å². The first-order valence-electron chi connectivity index (χ1n) is 7.76. The number of rotatable bonds is 7. The molecular formula is C19H24IN3O. The van der Waals surface area contributed by atoms with Crippen molar-refractivity contribution in [3.8, 4) is 0 Å². The summed E-state index contributed by atoms with van der Waals surface area (Å²) in [5, 5.41) is 11.8. The van der Waals surface area contributed by atoms with Crippen molar-refractivity contribution in [1.29, 1.82) is 5.41 Å². The molecule has 0 radical (unpaired) electrons. The fourth-order valence-electron chi connectivity index (χ4n) is 2.42. The lowest BCUT2D eigenvalue weighted by Gasteiger charge is -2.25. The molecule has 0 bridgehead atoms. The third kappa shape index (κ3) is 4.20. The molecule has 2 rings (SSSR count). The van der Waals surface area contributed by atoms with Crippen LogP contribution in [0.2, 0.25) is 0 Å². The summed E-state index contributed by atoms with van der Waals surface area (Å²) < 4.78 is 8.75. The van der Waals surface area contributed by atoms with Gasteiger partial charge in [0.1, 0.15) is 5.60 Å². The van der Waals surface area contributed by atoms with Crippen LogP contribution in [0.1, 0.15) is 30.7 Å². The fraction of sp³-hybridized carbons (Fsp3) is 0.316. The zero-order chi connectivity index (χ0) is 17.9. The smallest absolute Gasteiger partial charge is 0.184 e. The van der Waals surface area contributed by atoms with Gasteiger partial charge in [-0.05, 0) is 27.4 Å². The number of benzene rings is 1. The number of nitrogens with one attached hydrogen (secondary N) is 2. The summed E-state index contributed by atoms with van der Waals surface area (Å²) in [6, 6.07) is 9.74. The van der Waals surface area contributed by atoms with Crippen molar-refractivity contribution in [2.75, 3.05) is 9.74 Å². The predicted octanol–water partition coefficient (Wildman–Crippen LogP) is 4.86. The molecule has 0 saturated carbocycles. The van der Waals surface area contributed by atoms with Gasteiger partial charge in [-0.3, -0.25) is 5.41 Å². The second-order valence-corrected chi connectivity index (χ2v) is 7.16. The van der Waals surface area contributed by atoms with Crippen molar-refractivity contribution >= 4 is 34.0 Å². The SMILES string of the molecule is C=C(Nc1cn(C)c(C)c1C(=N)c1ccccc1)OC(C)(C)CI. The first-order chi connectivity index (χ1) is 11.2. The Labute approximate surface area is 157 Å². The summed E-state index contributed by atoms with van der Waals surface area (Å²) in [5.41, 5.74) is 3.79. The standard InChI is InChI=1S/C19H24IN3O/c1-13-17(18(21)15-9-7-6-8-10-15)16(11-23(13)5)22-14(2)24-19(3,4)12-20/h6-11,21-22H,2,12H2,1,3-5H3. The highest BCUT2D eigenvalue weighted by molar-refractivity contribution is 14.1. The van der Waals surface area contributed by atoms with Crippen LogP contribution in [0.5, 0.6) is 0 Å². The molecule has 1 aromatic heterocycles. The van der Waals surface area contributed by atoms with Crippen molar-refractivity contribution in [2.24, 2.45) is 7.05 Å².